The summed E-state index contributed by atoms with van der Waals surface area (Å²) < 4.78 is 22.4. The van der Waals surface area contributed by atoms with Gasteiger partial charge in [0.05, 0.1) is 11.2 Å². The molecule has 2 N–H and O–H groups in total. The van der Waals surface area contributed by atoms with Gasteiger partial charge >= 0.3 is 0 Å². The fraction of sp³-hybridized carbons (Fsp3) is 0.200. The summed E-state index contributed by atoms with van der Waals surface area (Å²) in [6, 6.07) is 10.1. The molecule has 0 aliphatic carbocycles. The monoisotopic (exact) mass is 458 g/mol. The number of aromatic nitrogens is 4. The van der Waals surface area contributed by atoms with E-state index in [1.165, 1.54) is 12.1 Å². The molecule has 0 bridgehead atoms. The Labute approximate surface area is 195 Å². The van der Waals surface area contributed by atoms with E-state index in [0.717, 1.165) is 23.2 Å². The number of nitrogens with two attached hydrogens (primary N) is 1. The van der Waals surface area contributed by atoms with Gasteiger partial charge in [-0.15, -0.1) is 0 Å². The third-order valence-electron chi connectivity index (χ3n) is 6.03. The molecule has 0 saturated carbocycles. The highest BCUT2D eigenvalue weighted by molar-refractivity contribution is 5.87. The fourth-order valence-corrected chi connectivity index (χ4v) is 4.30. The average molecular weight is 458 g/mol. The predicted octanol–water partition coefficient (Wildman–Crippen LogP) is 4.12. The smallest absolute Gasteiger partial charge is 0.245 e. The normalized spacial score (nSPS) is 15.6. The van der Waals surface area contributed by atoms with Gasteiger partial charge in [-0.3, -0.25) is 9.20 Å². The minimum absolute atomic E-state index is 0.0223. The van der Waals surface area contributed by atoms with Crippen LogP contribution >= 0.6 is 0 Å². The summed E-state index contributed by atoms with van der Waals surface area (Å²) in [7, 11) is 0. The van der Waals surface area contributed by atoms with Crippen molar-refractivity contribution in [3.05, 3.63) is 78.5 Å². The van der Waals surface area contributed by atoms with Crippen LogP contribution in [0.15, 0.2) is 61.4 Å². The van der Waals surface area contributed by atoms with Crippen molar-refractivity contribution in [1.82, 2.24) is 24.3 Å². The maximum absolute atomic E-state index is 15.1. The van der Waals surface area contributed by atoms with Crippen LogP contribution in [0, 0.1) is 12.7 Å². The predicted molar refractivity (Wildman–Crippen MR) is 126 cm³/mol. The van der Waals surface area contributed by atoms with E-state index < -0.39 is 5.82 Å². The highest BCUT2D eigenvalue weighted by Gasteiger charge is 2.30. The maximum Gasteiger partial charge on any atom is 0.245 e. The number of nitrogen functional groups attached to an aromatic ring is 1. The molecular formula is C25H23FN6O2. The standard InChI is InChI=1S/C25H23FN6O2/c1-3-21(33)31-12-9-17(14-31)22-19-8-11-29-25(27)32(19)23(30-22)16-6-7-20(18(26)13-16)34-24-15(2)5-4-10-28-24/h3-8,10-11,13,17H,1,9,12,14H2,2H3,(H2,27,29). The molecular weight excluding hydrogens is 435 g/mol. The van der Waals surface area contributed by atoms with E-state index in [2.05, 4.69) is 16.5 Å². The zero-order valence-electron chi connectivity index (χ0n) is 18.6. The molecule has 4 aromatic rings. The minimum Gasteiger partial charge on any atom is -0.436 e. The van der Waals surface area contributed by atoms with Gasteiger partial charge in [0.25, 0.3) is 0 Å². The highest BCUT2D eigenvalue weighted by Crippen LogP contribution is 2.35. The van der Waals surface area contributed by atoms with Gasteiger partial charge in [0.2, 0.25) is 17.7 Å². The number of imidazole rings is 1. The van der Waals surface area contributed by atoms with Gasteiger partial charge in [-0.25, -0.2) is 19.3 Å². The Morgan fingerprint density at radius 1 is 1.26 bits per heavy atom. The number of amides is 1. The van der Waals surface area contributed by atoms with E-state index in [4.69, 9.17) is 15.5 Å². The van der Waals surface area contributed by atoms with Crippen LogP contribution in [0.1, 0.15) is 23.6 Å². The second-order valence-electron chi connectivity index (χ2n) is 8.19. The lowest BCUT2D eigenvalue weighted by Crippen LogP contribution is -2.26. The molecule has 34 heavy (non-hydrogen) atoms. The van der Waals surface area contributed by atoms with Gasteiger partial charge in [0.15, 0.2) is 11.6 Å². The quantitative estimate of drug-likeness (QED) is 0.452. The van der Waals surface area contributed by atoms with Crippen molar-refractivity contribution in [2.45, 2.75) is 19.3 Å². The largest absolute Gasteiger partial charge is 0.436 e. The highest BCUT2D eigenvalue weighted by atomic mass is 19.1. The van der Waals surface area contributed by atoms with Crippen LogP contribution in [0.2, 0.25) is 0 Å². The molecule has 1 atom stereocenters. The van der Waals surface area contributed by atoms with Crippen molar-refractivity contribution in [3.8, 4) is 23.0 Å². The molecule has 9 heteroatoms. The van der Waals surface area contributed by atoms with E-state index in [1.807, 2.05) is 19.1 Å². The topological polar surface area (TPSA) is 98.6 Å². The molecule has 3 aromatic heterocycles. The van der Waals surface area contributed by atoms with E-state index in [9.17, 15) is 4.79 Å². The summed E-state index contributed by atoms with van der Waals surface area (Å²) in [6.45, 7) is 6.57. The number of likely N-dealkylation sites (tertiary alicyclic amines) is 1. The molecule has 172 valence electrons. The SMILES string of the molecule is C=CC(=O)N1CCC(c2nc(-c3ccc(Oc4ncccc4C)c(F)c3)n3c(N)nccc23)C1. The number of aryl methyl sites for hydroxylation is 1. The molecule has 1 aliphatic heterocycles. The second kappa shape index (κ2) is 8.58. The number of pyridine rings is 1. The van der Waals surface area contributed by atoms with Crippen LogP contribution < -0.4 is 10.5 Å². The average Bonchev–Trinajstić information content (AvgIpc) is 3.47. The van der Waals surface area contributed by atoms with Crippen molar-refractivity contribution in [1.29, 1.82) is 0 Å². The van der Waals surface area contributed by atoms with E-state index in [1.54, 1.807) is 39.9 Å². The minimum atomic E-state index is -0.549. The first-order chi connectivity index (χ1) is 16.5. The zero-order chi connectivity index (χ0) is 23.8. The number of nitrogens with zero attached hydrogens (tertiary/aromatic N) is 5. The van der Waals surface area contributed by atoms with E-state index >= 15 is 4.39 Å². The Bertz CT molecular complexity index is 1420. The first-order valence-corrected chi connectivity index (χ1v) is 10.9. The van der Waals surface area contributed by atoms with Gasteiger partial charge in [0.1, 0.15) is 5.82 Å². The Morgan fingerprint density at radius 3 is 2.88 bits per heavy atom. The van der Waals surface area contributed by atoms with E-state index in [-0.39, 0.29) is 23.5 Å². The molecule has 5 rings (SSSR count). The number of carbonyl (C=O) groups is 1. The third kappa shape index (κ3) is 3.75. The molecule has 1 fully saturated rings. The second-order valence-corrected chi connectivity index (χ2v) is 8.19. The summed E-state index contributed by atoms with van der Waals surface area (Å²) in [5.74, 6) is 0.494. The number of hydrogen-bond donors (Lipinski definition) is 1. The van der Waals surface area contributed by atoms with Crippen molar-refractivity contribution >= 4 is 17.4 Å². The molecule has 1 unspecified atom stereocenters. The summed E-state index contributed by atoms with van der Waals surface area (Å²) in [4.78, 5) is 27.0. The lowest BCUT2D eigenvalue weighted by molar-refractivity contribution is -0.125. The Balaban J connectivity index is 1.53. The molecule has 0 spiro atoms. The molecule has 1 amide bonds. The van der Waals surface area contributed by atoms with Crippen LogP contribution in [0.25, 0.3) is 16.9 Å². The van der Waals surface area contributed by atoms with Crippen LogP contribution in [0.5, 0.6) is 11.6 Å². The summed E-state index contributed by atoms with van der Waals surface area (Å²) in [5.41, 5.74) is 9.11. The molecule has 1 aromatic carbocycles. The van der Waals surface area contributed by atoms with Gasteiger partial charge in [-0.05, 0) is 49.8 Å². The van der Waals surface area contributed by atoms with Crippen molar-refractivity contribution < 1.29 is 13.9 Å². The number of ether oxygens (including phenoxy) is 1. The van der Waals surface area contributed by atoms with Gasteiger partial charge < -0.3 is 15.4 Å². The fourth-order valence-electron chi connectivity index (χ4n) is 4.30. The molecule has 1 aliphatic rings. The first kappa shape index (κ1) is 21.6. The lowest BCUT2D eigenvalue weighted by atomic mass is 10.0. The first-order valence-electron chi connectivity index (χ1n) is 10.9. The summed E-state index contributed by atoms with van der Waals surface area (Å²) >= 11 is 0. The van der Waals surface area contributed by atoms with Gasteiger partial charge in [-0.2, -0.15) is 0 Å². The Hall–Kier alpha value is -4.27. The van der Waals surface area contributed by atoms with Gasteiger partial charge in [-0.1, -0.05) is 12.6 Å². The number of hydrogen-bond acceptors (Lipinski definition) is 6. The molecule has 0 radical (unpaired) electrons. The van der Waals surface area contributed by atoms with Crippen molar-refractivity contribution in [2.24, 2.45) is 0 Å². The van der Waals surface area contributed by atoms with Crippen LogP contribution in [-0.2, 0) is 4.79 Å². The number of fused-ring (bicyclic) bond motifs is 1. The summed E-state index contributed by atoms with van der Waals surface area (Å²) in [6.07, 6.45) is 5.29. The maximum atomic E-state index is 15.1. The molecule has 8 nitrogen and oxygen atoms in total. The number of carbonyl (C=O) groups excluding carboxylic acids is 1. The molecule has 4 heterocycles. The van der Waals surface area contributed by atoms with Crippen LogP contribution in [0.4, 0.5) is 10.3 Å². The zero-order valence-corrected chi connectivity index (χ0v) is 18.6. The van der Waals surface area contributed by atoms with E-state index in [0.29, 0.717) is 30.4 Å². The van der Waals surface area contributed by atoms with Crippen LogP contribution in [-0.4, -0.2) is 43.2 Å². The van der Waals surface area contributed by atoms with Crippen molar-refractivity contribution in [2.75, 3.05) is 18.8 Å². The summed E-state index contributed by atoms with van der Waals surface area (Å²) in [5, 5.41) is 0. The number of anilines is 1. The van der Waals surface area contributed by atoms with Crippen LogP contribution in [0.3, 0.4) is 0 Å². The molecule has 1 saturated heterocycles. The Kier molecular flexibility index (Phi) is 5.45. The van der Waals surface area contributed by atoms with Gasteiger partial charge in [0, 0.05) is 42.5 Å². The van der Waals surface area contributed by atoms with Crippen molar-refractivity contribution in [3.63, 3.8) is 0 Å². The number of rotatable bonds is 5. The third-order valence-corrected chi connectivity index (χ3v) is 6.03. The lowest BCUT2D eigenvalue weighted by Gasteiger charge is -2.13. The number of halogens is 1. The Morgan fingerprint density at radius 2 is 2.12 bits per heavy atom. The number of benzene rings is 1.